The maximum atomic E-state index is 10.4. The summed E-state index contributed by atoms with van der Waals surface area (Å²) in [6.45, 7) is 7.23. The fourth-order valence-corrected chi connectivity index (χ4v) is 2.83. The van der Waals surface area contributed by atoms with Gasteiger partial charge in [-0.2, -0.15) is 0 Å². The first-order valence-electron chi connectivity index (χ1n) is 7.02. The summed E-state index contributed by atoms with van der Waals surface area (Å²) < 4.78 is 5.26. The Balaban J connectivity index is 2.28. The van der Waals surface area contributed by atoms with E-state index in [9.17, 15) is 5.11 Å². The van der Waals surface area contributed by atoms with Crippen molar-refractivity contribution in [1.82, 2.24) is 4.90 Å². The average Bonchev–Trinajstić information content (AvgIpc) is 2.31. The number of hydrogen-bond acceptors (Lipinski definition) is 4. The van der Waals surface area contributed by atoms with Crippen LogP contribution in [0.1, 0.15) is 33.1 Å². The molecule has 0 aliphatic heterocycles. The molecule has 1 saturated carbocycles. The highest BCUT2D eigenvalue weighted by Crippen LogP contribution is 2.39. The van der Waals surface area contributed by atoms with Gasteiger partial charge >= 0.3 is 0 Å². The Morgan fingerprint density at radius 1 is 1.33 bits per heavy atom. The van der Waals surface area contributed by atoms with E-state index in [1.807, 2.05) is 0 Å². The fourth-order valence-electron chi connectivity index (χ4n) is 2.83. The Kier molecular flexibility index (Phi) is 6.57. The molecular formula is C14H29NO3. The van der Waals surface area contributed by atoms with E-state index in [-0.39, 0.29) is 18.1 Å². The second kappa shape index (κ2) is 7.43. The van der Waals surface area contributed by atoms with Crippen molar-refractivity contribution in [3.63, 3.8) is 0 Å². The molecule has 4 nitrogen and oxygen atoms in total. The first-order chi connectivity index (χ1) is 8.47. The minimum absolute atomic E-state index is 0.0527. The van der Waals surface area contributed by atoms with Crippen LogP contribution in [0.25, 0.3) is 0 Å². The van der Waals surface area contributed by atoms with E-state index in [0.29, 0.717) is 19.1 Å². The standard InChI is InChI=1S/C14H29NO3/c1-14(2)6-4-5-12(13(14)17)11-15(3)7-9-18-10-8-16/h12-13,16-17H,4-11H2,1-3H3. The van der Waals surface area contributed by atoms with Gasteiger partial charge in [-0.25, -0.2) is 0 Å². The Bertz CT molecular complexity index is 233. The summed E-state index contributed by atoms with van der Waals surface area (Å²) in [7, 11) is 2.07. The Morgan fingerprint density at radius 2 is 2.06 bits per heavy atom. The SMILES string of the molecule is CN(CCOCCO)CC1CCCC(C)(C)C1O. The molecule has 1 aliphatic rings. The van der Waals surface area contributed by atoms with Crippen molar-refractivity contribution < 1.29 is 14.9 Å². The van der Waals surface area contributed by atoms with E-state index < -0.39 is 0 Å². The van der Waals surface area contributed by atoms with Gasteiger partial charge in [0.25, 0.3) is 0 Å². The van der Waals surface area contributed by atoms with Gasteiger partial charge < -0.3 is 19.8 Å². The second-order valence-corrected chi connectivity index (χ2v) is 6.18. The number of likely N-dealkylation sites (N-methyl/N-ethyl adjacent to an activating group) is 1. The molecule has 2 N–H and O–H groups in total. The predicted molar refractivity (Wildman–Crippen MR) is 72.5 cm³/mol. The molecule has 0 bridgehead atoms. The van der Waals surface area contributed by atoms with Gasteiger partial charge in [0.1, 0.15) is 0 Å². The first kappa shape index (κ1) is 15.9. The highest BCUT2D eigenvalue weighted by Gasteiger charge is 2.37. The zero-order chi connectivity index (χ0) is 13.6. The van der Waals surface area contributed by atoms with E-state index >= 15 is 0 Å². The van der Waals surface area contributed by atoms with Gasteiger partial charge in [0.15, 0.2) is 0 Å². The van der Waals surface area contributed by atoms with E-state index in [1.54, 1.807) is 0 Å². The fraction of sp³-hybridized carbons (Fsp3) is 1.00. The van der Waals surface area contributed by atoms with Crippen LogP contribution in [0.5, 0.6) is 0 Å². The zero-order valence-electron chi connectivity index (χ0n) is 12.1. The summed E-state index contributed by atoms with van der Waals surface area (Å²) in [5.74, 6) is 0.372. The minimum atomic E-state index is -0.202. The van der Waals surface area contributed by atoms with E-state index in [4.69, 9.17) is 9.84 Å². The van der Waals surface area contributed by atoms with Crippen molar-refractivity contribution in [3.05, 3.63) is 0 Å². The smallest absolute Gasteiger partial charge is 0.0698 e. The zero-order valence-corrected chi connectivity index (χ0v) is 12.1. The van der Waals surface area contributed by atoms with Gasteiger partial charge in [0.2, 0.25) is 0 Å². The van der Waals surface area contributed by atoms with Crippen molar-refractivity contribution in [2.45, 2.75) is 39.2 Å². The molecule has 0 radical (unpaired) electrons. The lowest BCUT2D eigenvalue weighted by atomic mass is 9.69. The molecule has 0 aromatic carbocycles. The van der Waals surface area contributed by atoms with Gasteiger partial charge in [-0.05, 0) is 31.2 Å². The largest absolute Gasteiger partial charge is 0.394 e. The Labute approximate surface area is 111 Å². The molecule has 1 rings (SSSR count). The number of ether oxygens (including phenoxy) is 1. The summed E-state index contributed by atoms with van der Waals surface area (Å²) in [5.41, 5.74) is 0.0527. The van der Waals surface area contributed by atoms with Crippen LogP contribution in [0.2, 0.25) is 0 Å². The summed E-state index contributed by atoms with van der Waals surface area (Å²) in [4.78, 5) is 2.21. The molecule has 1 aliphatic carbocycles. The van der Waals surface area contributed by atoms with E-state index in [1.165, 1.54) is 6.42 Å². The third kappa shape index (κ3) is 4.84. The highest BCUT2D eigenvalue weighted by molar-refractivity contribution is 4.89. The molecule has 0 aromatic heterocycles. The van der Waals surface area contributed by atoms with Crippen molar-refractivity contribution in [3.8, 4) is 0 Å². The summed E-state index contributed by atoms with van der Waals surface area (Å²) >= 11 is 0. The van der Waals surface area contributed by atoms with Crippen molar-refractivity contribution in [2.24, 2.45) is 11.3 Å². The molecule has 0 spiro atoms. The van der Waals surface area contributed by atoms with Crippen molar-refractivity contribution >= 4 is 0 Å². The van der Waals surface area contributed by atoms with Crippen LogP contribution >= 0.6 is 0 Å². The second-order valence-electron chi connectivity index (χ2n) is 6.18. The van der Waals surface area contributed by atoms with Gasteiger partial charge in [-0.1, -0.05) is 20.3 Å². The number of aliphatic hydroxyl groups is 2. The Hall–Kier alpha value is -0.160. The van der Waals surface area contributed by atoms with Crippen LogP contribution in [0, 0.1) is 11.3 Å². The molecular weight excluding hydrogens is 230 g/mol. The van der Waals surface area contributed by atoms with Crippen LogP contribution in [0.15, 0.2) is 0 Å². The summed E-state index contributed by atoms with van der Waals surface area (Å²) in [6.07, 6.45) is 3.25. The molecule has 2 atom stereocenters. The lowest BCUT2D eigenvalue weighted by Crippen LogP contribution is -2.44. The first-order valence-corrected chi connectivity index (χ1v) is 7.02. The Morgan fingerprint density at radius 3 is 2.72 bits per heavy atom. The van der Waals surface area contributed by atoms with E-state index in [0.717, 1.165) is 25.9 Å². The van der Waals surface area contributed by atoms with Gasteiger partial charge in [-0.3, -0.25) is 0 Å². The molecule has 0 amide bonds. The van der Waals surface area contributed by atoms with Gasteiger partial charge in [-0.15, -0.1) is 0 Å². The average molecular weight is 259 g/mol. The normalized spacial score (nSPS) is 27.7. The molecule has 18 heavy (non-hydrogen) atoms. The predicted octanol–water partition coefficient (Wildman–Crippen LogP) is 1.11. The number of rotatable bonds is 7. The van der Waals surface area contributed by atoms with Gasteiger partial charge in [0, 0.05) is 13.1 Å². The maximum Gasteiger partial charge on any atom is 0.0698 e. The van der Waals surface area contributed by atoms with Gasteiger partial charge in [0.05, 0.1) is 25.9 Å². The van der Waals surface area contributed by atoms with Crippen LogP contribution in [0.4, 0.5) is 0 Å². The third-order valence-corrected chi connectivity index (χ3v) is 4.04. The molecule has 0 aromatic rings. The lowest BCUT2D eigenvalue weighted by molar-refractivity contribution is -0.0427. The van der Waals surface area contributed by atoms with Crippen LogP contribution in [0.3, 0.4) is 0 Å². The monoisotopic (exact) mass is 259 g/mol. The summed E-state index contributed by atoms with van der Waals surface area (Å²) in [6, 6.07) is 0. The molecule has 0 saturated heterocycles. The lowest BCUT2D eigenvalue weighted by Gasteiger charge is -2.42. The van der Waals surface area contributed by atoms with Crippen molar-refractivity contribution in [1.29, 1.82) is 0 Å². The van der Waals surface area contributed by atoms with Crippen molar-refractivity contribution in [2.75, 3.05) is 40.0 Å². The number of hydrogen-bond donors (Lipinski definition) is 2. The quantitative estimate of drug-likeness (QED) is 0.673. The number of nitrogens with zero attached hydrogens (tertiary/aromatic N) is 1. The number of aliphatic hydroxyl groups excluding tert-OH is 2. The third-order valence-electron chi connectivity index (χ3n) is 4.04. The maximum absolute atomic E-state index is 10.4. The minimum Gasteiger partial charge on any atom is -0.394 e. The van der Waals surface area contributed by atoms with Crippen LogP contribution in [-0.4, -0.2) is 61.2 Å². The van der Waals surface area contributed by atoms with Crippen LogP contribution < -0.4 is 0 Å². The summed E-state index contributed by atoms with van der Waals surface area (Å²) in [5, 5.41) is 19.0. The van der Waals surface area contributed by atoms with E-state index in [2.05, 4.69) is 25.8 Å². The molecule has 2 unspecified atom stereocenters. The molecule has 0 heterocycles. The topological polar surface area (TPSA) is 52.9 Å². The molecule has 108 valence electrons. The highest BCUT2D eigenvalue weighted by atomic mass is 16.5. The van der Waals surface area contributed by atoms with Crippen LogP contribution in [-0.2, 0) is 4.74 Å². The molecule has 4 heteroatoms. The molecule has 1 fully saturated rings.